The van der Waals surface area contributed by atoms with Crippen molar-refractivity contribution in [2.45, 2.75) is 18.9 Å². The number of ketones is 1. The van der Waals surface area contributed by atoms with E-state index in [4.69, 9.17) is 21.1 Å². The number of Topliss-reactive ketones (excluding diaryl/α,β-unsaturated/α-hetero) is 1. The SMILES string of the molecule is COCCC(C(=O)Cc1ccc2nn(C)cc2c1)n1cc(OC)c(-c2cc(Cl)ccc2-n2cnnn2)cc1=O. The summed E-state index contributed by atoms with van der Waals surface area (Å²) in [6, 6.07) is 11.6. The van der Waals surface area contributed by atoms with Crippen molar-refractivity contribution >= 4 is 28.3 Å². The number of methoxy groups -OCH3 is 2. The van der Waals surface area contributed by atoms with Crippen LogP contribution in [0.2, 0.25) is 5.02 Å². The fourth-order valence-electron chi connectivity index (χ4n) is 4.65. The van der Waals surface area contributed by atoms with Crippen molar-refractivity contribution in [3.63, 3.8) is 0 Å². The average Bonchev–Trinajstić information content (AvgIpc) is 3.58. The third-order valence-corrected chi connectivity index (χ3v) is 6.71. The molecular weight excluding hydrogens is 522 g/mol. The summed E-state index contributed by atoms with van der Waals surface area (Å²) < 4.78 is 15.6. The van der Waals surface area contributed by atoms with E-state index in [1.165, 1.54) is 28.8 Å². The molecule has 0 fully saturated rings. The monoisotopic (exact) mass is 547 g/mol. The predicted molar refractivity (Wildman–Crippen MR) is 145 cm³/mol. The number of fused-ring (bicyclic) bond motifs is 1. The molecule has 0 amide bonds. The van der Waals surface area contributed by atoms with E-state index in [0.29, 0.717) is 40.6 Å². The Bertz CT molecular complexity index is 1690. The van der Waals surface area contributed by atoms with Crippen molar-refractivity contribution in [1.29, 1.82) is 0 Å². The minimum atomic E-state index is -0.761. The molecule has 0 spiro atoms. The van der Waals surface area contributed by atoms with Crippen molar-refractivity contribution in [3.05, 3.63) is 82.1 Å². The molecule has 0 aliphatic heterocycles. The van der Waals surface area contributed by atoms with Gasteiger partial charge in [-0.15, -0.1) is 5.10 Å². The molecule has 1 atom stereocenters. The van der Waals surface area contributed by atoms with Crippen LogP contribution in [0.25, 0.3) is 27.7 Å². The van der Waals surface area contributed by atoms with Crippen LogP contribution < -0.4 is 10.3 Å². The van der Waals surface area contributed by atoms with E-state index in [1.807, 2.05) is 31.4 Å². The number of aromatic nitrogens is 7. The van der Waals surface area contributed by atoms with Gasteiger partial charge in [0.15, 0.2) is 5.78 Å². The summed E-state index contributed by atoms with van der Waals surface area (Å²) in [5.41, 5.74) is 3.02. The van der Waals surface area contributed by atoms with Gasteiger partial charge in [-0.3, -0.25) is 14.3 Å². The fourth-order valence-corrected chi connectivity index (χ4v) is 4.83. The van der Waals surface area contributed by atoms with Gasteiger partial charge in [0, 0.05) is 61.0 Å². The lowest BCUT2D eigenvalue weighted by Crippen LogP contribution is -2.31. The summed E-state index contributed by atoms with van der Waals surface area (Å²) in [6.45, 7) is 0.298. The molecule has 2 aromatic carbocycles. The Morgan fingerprint density at radius 2 is 1.92 bits per heavy atom. The molecule has 3 heterocycles. The maximum atomic E-state index is 13.6. The summed E-state index contributed by atoms with van der Waals surface area (Å²) in [6.07, 6.45) is 5.37. The first-order chi connectivity index (χ1) is 18.9. The zero-order chi connectivity index (χ0) is 27.5. The number of aryl methyl sites for hydroxylation is 1. The third kappa shape index (κ3) is 5.45. The molecule has 5 rings (SSSR count). The second kappa shape index (κ2) is 11.2. The number of nitrogens with zero attached hydrogens (tertiary/aromatic N) is 7. The number of ether oxygens (including phenoxy) is 2. The quantitative estimate of drug-likeness (QED) is 0.261. The smallest absolute Gasteiger partial charge is 0.252 e. The van der Waals surface area contributed by atoms with E-state index >= 15 is 0 Å². The Kier molecular flexibility index (Phi) is 7.53. The summed E-state index contributed by atoms with van der Waals surface area (Å²) in [5, 5.41) is 17.2. The molecule has 3 aromatic heterocycles. The van der Waals surface area contributed by atoms with Gasteiger partial charge >= 0.3 is 0 Å². The zero-order valence-electron chi connectivity index (χ0n) is 21.6. The first-order valence-corrected chi connectivity index (χ1v) is 12.5. The molecule has 11 nitrogen and oxygen atoms in total. The van der Waals surface area contributed by atoms with E-state index < -0.39 is 6.04 Å². The molecule has 1 unspecified atom stereocenters. The van der Waals surface area contributed by atoms with Gasteiger partial charge in [0.1, 0.15) is 12.1 Å². The molecule has 0 aliphatic carbocycles. The largest absolute Gasteiger partial charge is 0.495 e. The van der Waals surface area contributed by atoms with Crippen LogP contribution in [0.3, 0.4) is 0 Å². The highest BCUT2D eigenvalue weighted by Gasteiger charge is 2.24. The summed E-state index contributed by atoms with van der Waals surface area (Å²) in [7, 11) is 4.91. The van der Waals surface area contributed by atoms with Gasteiger partial charge < -0.3 is 14.0 Å². The highest BCUT2D eigenvalue weighted by atomic mass is 35.5. The van der Waals surface area contributed by atoms with Crippen LogP contribution in [-0.2, 0) is 23.0 Å². The average molecular weight is 548 g/mol. The van der Waals surface area contributed by atoms with Gasteiger partial charge in [-0.2, -0.15) is 9.78 Å². The van der Waals surface area contributed by atoms with Gasteiger partial charge in [-0.1, -0.05) is 17.7 Å². The van der Waals surface area contributed by atoms with E-state index in [0.717, 1.165) is 16.5 Å². The first-order valence-electron chi connectivity index (χ1n) is 12.2. The minimum Gasteiger partial charge on any atom is -0.495 e. The van der Waals surface area contributed by atoms with Crippen molar-refractivity contribution in [1.82, 2.24) is 34.6 Å². The minimum absolute atomic E-state index is 0.121. The zero-order valence-corrected chi connectivity index (χ0v) is 22.4. The van der Waals surface area contributed by atoms with Crippen LogP contribution in [0.5, 0.6) is 5.75 Å². The molecular formula is C27H26ClN7O4. The summed E-state index contributed by atoms with van der Waals surface area (Å²) in [4.78, 5) is 27.1. The number of halogens is 1. The van der Waals surface area contributed by atoms with Crippen LogP contribution in [0.1, 0.15) is 18.0 Å². The Hall–Kier alpha value is -4.35. The number of carbonyl (C=O) groups is 1. The topological polar surface area (TPSA) is 119 Å². The van der Waals surface area contributed by atoms with Gasteiger partial charge in [0.05, 0.1) is 30.6 Å². The number of tetrazole rings is 1. The van der Waals surface area contributed by atoms with Crippen LogP contribution in [-0.4, -0.2) is 61.2 Å². The van der Waals surface area contributed by atoms with Crippen molar-refractivity contribution < 1.29 is 14.3 Å². The van der Waals surface area contributed by atoms with Crippen LogP contribution in [0, 0.1) is 0 Å². The van der Waals surface area contributed by atoms with Crippen molar-refractivity contribution in [2.75, 3.05) is 20.8 Å². The molecule has 12 heteroatoms. The highest BCUT2D eigenvalue weighted by Crippen LogP contribution is 2.35. The molecule has 0 bridgehead atoms. The lowest BCUT2D eigenvalue weighted by Gasteiger charge is -2.21. The summed E-state index contributed by atoms with van der Waals surface area (Å²) in [5.74, 6) is 0.266. The Morgan fingerprint density at radius 1 is 1.08 bits per heavy atom. The second-order valence-corrected chi connectivity index (χ2v) is 9.49. The standard InChI is InChI=1S/C27H26ClN7O4/c1-33-14-18-10-17(4-6-22(18)30-33)11-25(36)24(8-9-38-2)34-15-26(39-3)21(13-27(34)37)20-12-19(28)5-7-23(20)35-16-29-31-32-35/h4-7,10,12-16,24H,8-9,11H2,1-3H3. The maximum absolute atomic E-state index is 13.6. The van der Waals surface area contributed by atoms with Crippen molar-refractivity contribution in [2.24, 2.45) is 7.05 Å². The third-order valence-electron chi connectivity index (χ3n) is 6.47. The second-order valence-electron chi connectivity index (χ2n) is 9.05. The van der Waals surface area contributed by atoms with Gasteiger partial charge in [-0.25, -0.2) is 0 Å². The Balaban J connectivity index is 1.54. The first kappa shape index (κ1) is 26.3. The molecule has 200 valence electrons. The molecule has 39 heavy (non-hydrogen) atoms. The number of carbonyl (C=O) groups excluding carboxylic acids is 1. The number of benzene rings is 2. The van der Waals surface area contributed by atoms with E-state index in [2.05, 4.69) is 20.6 Å². The molecule has 5 aromatic rings. The van der Waals surface area contributed by atoms with E-state index in [9.17, 15) is 9.59 Å². The molecule has 0 radical (unpaired) electrons. The van der Waals surface area contributed by atoms with E-state index in [-0.39, 0.29) is 17.8 Å². The van der Waals surface area contributed by atoms with E-state index in [1.54, 1.807) is 36.2 Å². The normalized spacial score (nSPS) is 12.1. The van der Waals surface area contributed by atoms with Gasteiger partial charge in [0.25, 0.3) is 5.56 Å². The number of hydrogen-bond donors (Lipinski definition) is 0. The van der Waals surface area contributed by atoms with Crippen LogP contribution in [0.4, 0.5) is 0 Å². The molecule has 0 N–H and O–H groups in total. The van der Waals surface area contributed by atoms with Gasteiger partial charge in [0.2, 0.25) is 0 Å². The molecule has 0 saturated carbocycles. The number of pyridine rings is 1. The molecule has 0 aliphatic rings. The fraction of sp³-hybridized carbons (Fsp3) is 0.259. The van der Waals surface area contributed by atoms with Crippen LogP contribution in [0.15, 0.2) is 66.0 Å². The summed E-state index contributed by atoms with van der Waals surface area (Å²) >= 11 is 6.31. The number of rotatable bonds is 10. The number of hydrogen-bond acceptors (Lipinski definition) is 8. The van der Waals surface area contributed by atoms with Crippen LogP contribution >= 0.6 is 11.6 Å². The lowest BCUT2D eigenvalue weighted by atomic mass is 9.99. The Morgan fingerprint density at radius 3 is 2.67 bits per heavy atom. The lowest BCUT2D eigenvalue weighted by molar-refractivity contribution is -0.122. The molecule has 0 saturated heterocycles. The predicted octanol–water partition coefficient (Wildman–Crippen LogP) is 3.43. The maximum Gasteiger partial charge on any atom is 0.252 e. The highest BCUT2D eigenvalue weighted by molar-refractivity contribution is 6.31. The van der Waals surface area contributed by atoms with Crippen molar-refractivity contribution in [3.8, 4) is 22.6 Å². The van der Waals surface area contributed by atoms with Gasteiger partial charge in [-0.05, 0) is 52.7 Å². The Labute approximate surface area is 228 Å².